The largest absolute Gasteiger partial charge is 0.317 e. The Morgan fingerprint density at radius 1 is 1.36 bits per heavy atom. The van der Waals surface area contributed by atoms with E-state index in [1.165, 1.54) is 4.90 Å². The van der Waals surface area contributed by atoms with E-state index in [-0.39, 0.29) is 11.1 Å². The van der Waals surface area contributed by atoms with Crippen LogP contribution >= 0.6 is 11.8 Å². The van der Waals surface area contributed by atoms with Crippen LogP contribution in [-0.4, -0.2) is 41.4 Å². The number of amides is 2. The van der Waals surface area contributed by atoms with E-state index in [2.05, 4.69) is 5.32 Å². The molecule has 0 unspecified atom stereocenters. The maximum absolute atomic E-state index is 11.3. The summed E-state index contributed by atoms with van der Waals surface area (Å²) in [4.78, 5) is 24.1. The van der Waals surface area contributed by atoms with E-state index in [1.807, 2.05) is 0 Å². The molecule has 0 saturated carbocycles. The number of hydrogen-bond acceptors (Lipinski definition) is 4. The predicted molar refractivity (Wildman–Crippen MR) is 55.2 cm³/mol. The number of imide groups is 1. The molecular formula is C9H14N2O2S. The molecule has 2 aliphatic heterocycles. The number of hydrogen-bond donors (Lipinski definition) is 1. The van der Waals surface area contributed by atoms with Crippen molar-refractivity contribution in [1.82, 2.24) is 10.2 Å². The summed E-state index contributed by atoms with van der Waals surface area (Å²) >= 11 is 1.12. The van der Waals surface area contributed by atoms with Crippen molar-refractivity contribution in [3.63, 3.8) is 0 Å². The molecule has 0 aromatic heterocycles. The normalized spacial score (nSPS) is 24.7. The van der Waals surface area contributed by atoms with Crippen LogP contribution in [0.25, 0.3) is 0 Å². The lowest BCUT2D eigenvalue weighted by Gasteiger charge is -2.25. The summed E-state index contributed by atoms with van der Waals surface area (Å²) in [6.07, 6.45) is 2.14. The minimum Gasteiger partial charge on any atom is -0.317 e. The van der Waals surface area contributed by atoms with Crippen molar-refractivity contribution in [2.24, 2.45) is 5.92 Å². The van der Waals surface area contributed by atoms with Crippen molar-refractivity contribution in [3.05, 3.63) is 0 Å². The molecule has 0 spiro atoms. The Morgan fingerprint density at radius 3 is 2.64 bits per heavy atom. The zero-order valence-corrected chi connectivity index (χ0v) is 8.81. The molecule has 78 valence electrons. The zero-order chi connectivity index (χ0) is 9.97. The van der Waals surface area contributed by atoms with Gasteiger partial charge in [0.05, 0.1) is 5.75 Å². The summed E-state index contributed by atoms with van der Waals surface area (Å²) in [6, 6.07) is 0. The smallest absolute Gasteiger partial charge is 0.288 e. The Hall–Kier alpha value is -0.550. The average Bonchev–Trinajstić information content (AvgIpc) is 2.51. The second-order valence-electron chi connectivity index (χ2n) is 3.75. The molecule has 2 saturated heterocycles. The van der Waals surface area contributed by atoms with Gasteiger partial charge in [0.1, 0.15) is 0 Å². The minimum atomic E-state index is -0.0615. The SMILES string of the molecule is O=C1CSC(=O)N1CC1CCNCC1. The number of nitrogens with one attached hydrogen (secondary N) is 1. The number of rotatable bonds is 2. The Balaban J connectivity index is 1.89. The lowest BCUT2D eigenvalue weighted by Crippen LogP contribution is -2.38. The van der Waals surface area contributed by atoms with E-state index >= 15 is 0 Å². The van der Waals surface area contributed by atoms with Gasteiger partial charge >= 0.3 is 0 Å². The first-order chi connectivity index (χ1) is 6.77. The Labute approximate surface area is 87.4 Å². The summed E-state index contributed by atoms with van der Waals surface area (Å²) in [5.74, 6) is 0.824. The van der Waals surface area contributed by atoms with Crippen LogP contribution in [0.5, 0.6) is 0 Å². The standard InChI is InChI=1S/C9H14N2O2S/c12-8-6-14-9(13)11(8)5-7-1-3-10-4-2-7/h7,10H,1-6H2. The van der Waals surface area contributed by atoms with Crippen molar-refractivity contribution < 1.29 is 9.59 Å². The molecule has 14 heavy (non-hydrogen) atoms. The number of nitrogens with zero attached hydrogens (tertiary/aromatic N) is 1. The highest BCUT2D eigenvalue weighted by atomic mass is 32.2. The van der Waals surface area contributed by atoms with Crippen LogP contribution in [0, 0.1) is 5.92 Å². The molecule has 2 aliphatic rings. The summed E-state index contributed by atoms with van der Waals surface area (Å²) in [7, 11) is 0. The zero-order valence-electron chi connectivity index (χ0n) is 7.99. The molecule has 0 atom stereocenters. The summed E-state index contributed by atoms with van der Waals surface area (Å²) in [5.41, 5.74) is 0. The molecule has 2 heterocycles. The lowest BCUT2D eigenvalue weighted by atomic mass is 9.98. The average molecular weight is 214 g/mol. The van der Waals surface area contributed by atoms with Crippen molar-refractivity contribution in [1.29, 1.82) is 0 Å². The van der Waals surface area contributed by atoms with Gasteiger partial charge in [0.15, 0.2) is 0 Å². The van der Waals surface area contributed by atoms with Crippen LogP contribution in [0.15, 0.2) is 0 Å². The number of piperidine rings is 1. The van der Waals surface area contributed by atoms with Gasteiger partial charge in [-0.15, -0.1) is 0 Å². The van der Waals surface area contributed by atoms with E-state index in [9.17, 15) is 9.59 Å². The Bertz CT molecular complexity index is 235. The van der Waals surface area contributed by atoms with Crippen LogP contribution in [0.4, 0.5) is 4.79 Å². The predicted octanol–water partition coefficient (Wildman–Crippen LogP) is 0.681. The molecular weight excluding hydrogens is 200 g/mol. The van der Waals surface area contributed by atoms with Gasteiger partial charge in [-0.05, 0) is 31.8 Å². The van der Waals surface area contributed by atoms with Crippen molar-refractivity contribution in [2.45, 2.75) is 12.8 Å². The molecule has 0 radical (unpaired) electrons. The Morgan fingerprint density at radius 2 is 2.07 bits per heavy atom. The van der Waals surface area contributed by atoms with Gasteiger partial charge < -0.3 is 5.32 Å². The lowest BCUT2D eigenvalue weighted by molar-refractivity contribution is -0.125. The highest BCUT2D eigenvalue weighted by Gasteiger charge is 2.31. The van der Waals surface area contributed by atoms with Gasteiger partial charge in [-0.3, -0.25) is 14.5 Å². The van der Waals surface area contributed by atoms with E-state index in [1.54, 1.807) is 0 Å². The number of thioether (sulfide) groups is 1. The molecule has 5 heteroatoms. The van der Waals surface area contributed by atoms with Crippen LogP contribution in [0.3, 0.4) is 0 Å². The molecule has 1 N–H and O–H groups in total. The first-order valence-electron chi connectivity index (χ1n) is 4.95. The third kappa shape index (κ3) is 2.09. The fraction of sp³-hybridized carbons (Fsp3) is 0.778. The van der Waals surface area contributed by atoms with Crippen LogP contribution in [0.1, 0.15) is 12.8 Å². The minimum absolute atomic E-state index is 0.0152. The number of carbonyl (C=O) groups excluding carboxylic acids is 2. The summed E-state index contributed by atoms with van der Waals surface area (Å²) < 4.78 is 0. The first kappa shape index (κ1) is 9.98. The van der Waals surface area contributed by atoms with Crippen LogP contribution in [-0.2, 0) is 4.79 Å². The highest BCUT2D eigenvalue weighted by Crippen LogP contribution is 2.22. The fourth-order valence-corrected chi connectivity index (χ4v) is 2.61. The Kier molecular flexibility index (Phi) is 3.08. The monoisotopic (exact) mass is 214 g/mol. The molecule has 0 aromatic carbocycles. The van der Waals surface area contributed by atoms with Gasteiger partial charge in [0.25, 0.3) is 5.24 Å². The molecule has 2 rings (SSSR count). The summed E-state index contributed by atoms with van der Waals surface area (Å²) in [6.45, 7) is 2.65. The van der Waals surface area contributed by atoms with E-state index in [4.69, 9.17) is 0 Å². The van der Waals surface area contributed by atoms with E-state index in [0.717, 1.165) is 37.7 Å². The topological polar surface area (TPSA) is 49.4 Å². The molecule has 2 fully saturated rings. The van der Waals surface area contributed by atoms with Gasteiger partial charge in [-0.1, -0.05) is 11.8 Å². The molecule has 0 aliphatic carbocycles. The maximum Gasteiger partial charge on any atom is 0.288 e. The molecule has 0 aromatic rings. The highest BCUT2D eigenvalue weighted by molar-refractivity contribution is 8.14. The quantitative estimate of drug-likeness (QED) is 0.734. The van der Waals surface area contributed by atoms with Crippen molar-refractivity contribution in [2.75, 3.05) is 25.4 Å². The van der Waals surface area contributed by atoms with Gasteiger partial charge in [0.2, 0.25) is 5.91 Å². The van der Waals surface area contributed by atoms with Gasteiger partial charge in [0, 0.05) is 6.54 Å². The second-order valence-corrected chi connectivity index (χ2v) is 4.68. The van der Waals surface area contributed by atoms with Gasteiger partial charge in [-0.2, -0.15) is 0 Å². The third-order valence-electron chi connectivity index (χ3n) is 2.74. The summed E-state index contributed by atoms with van der Waals surface area (Å²) in [5, 5.41) is 3.21. The van der Waals surface area contributed by atoms with Crippen LogP contribution in [0.2, 0.25) is 0 Å². The third-order valence-corrected chi connectivity index (χ3v) is 3.60. The molecule has 2 amide bonds. The molecule has 0 bridgehead atoms. The molecule has 4 nitrogen and oxygen atoms in total. The number of carbonyl (C=O) groups is 2. The van der Waals surface area contributed by atoms with Crippen molar-refractivity contribution >= 4 is 22.9 Å². The van der Waals surface area contributed by atoms with Gasteiger partial charge in [-0.25, -0.2) is 0 Å². The first-order valence-corrected chi connectivity index (χ1v) is 5.94. The maximum atomic E-state index is 11.3. The van der Waals surface area contributed by atoms with Crippen molar-refractivity contribution in [3.8, 4) is 0 Å². The van der Waals surface area contributed by atoms with Crippen LogP contribution < -0.4 is 5.32 Å². The van der Waals surface area contributed by atoms with E-state index in [0.29, 0.717) is 18.2 Å². The fourth-order valence-electron chi connectivity index (χ4n) is 1.88. The second kappa shape index (κ2) is 4.31. The van der Waals surface area contributed by atoms with E-state index < -0.39 is 0 Å².